The molecule has 0 atom stereocenters. The summed E-state index contributed by atoms with van der Waals surface area (Å²) in [6.45, 7) is 4.19. The van der Waals surface area contributed by atoms with E-state index in [1.165, 1.54) is 11.1 Å². The summed E-state index contributed by atoms with van der Waals surface area (Å²) < 4.78 is 11.0. The van der Waals surface area contributed by atoms with Gasteiger partial charge in [0.25, 0.3) is 0 Å². The van der Waals surface area contributed by atoms with E-state index in [1.807, 2.05) is 0 Å². The Morgan fingerprint density at radius 3 is 2.65 bits per heavy atom. The van der Waals surface area contributed by atoms with E-state index in [0.717, 1.165) is 35.8 Å². The van der Waals surface area contributed by atoms with E-state index < -0.39 is 0 Å². The molecule has 1 fully saturated rings. The molecule has 0 radical (unpaired) electrons. The number of fused-ring (bicyclic) bond motifs is 1. The van der Waals surface area contributed by atoms with Gasteiger partial charge in [0.15, 0.2) is 5.82 Å². The summed E-state index contributed by atoms with van der Waals surface area (Å²) in [6.07, 6.45) is 5.33. The van der Waals surface area contributed by atoms with Crippen LogP contribution in [0, 0.1) is 13.8 Å². The molecule has 5 nitrogen and oxygen atoms in total. The molecule has 0 saturated heterocycles. The number of furan rings is 1. The van der Waals surface area contributed by atoms with Crippen molar-refractivity contribution in [2.24, 2.45) is 5.73 Å². The second kappa shape index (κ2) is 5.65. The van der Waals surface area contributed by atoms with Crippen molar-refractivity contribution in [2.45, 2.75) is 45.1 Å². The van der Waals surface area contributed by atoms with Gasteiger partial charge in [-0.05, 0) is 56.4 Å². The lowest BCUT2D eigenvalue weighted by molar-refractivity contribution is 0.229. The van der Waals surface area contributed by atoms with Gasteiger partial charge in [0.1, 0.15) is 5.58 Å². The van der Waals surface area contributed by atoms with Crippen LogP contribution in [0.4, 0.5) is 0 Å². The zero-order valence-corrected chi connectivity index (χ0v) is 14.1. The highest BCUT2D eigenvalue weighted by Crippen LogP contribution is 2.37. The molecular formula is C17H20ClN3O2. The minimum Gasteiger partial charge on any atom is -0.464 e. The fraction of sp³-hybridized carbons (Fsp3) is 0.412. The monoisotopic (exact) mass is 333 g/mol. The third-order valence-electron chi connectivity index (χ3n) is 4.77. The van der Waals surface area contributed by atoms with Gasteiger partial charge in [-0.1, -0.05) is 5.16 Å². The molecule has 0 spiro atoms. The Kier molecular flexibility index (Phi) is 3.94. The van der Waals surface area contributed by atoms with Crippen LogP contribution in [0.2, 0.25) is 0 Å². The molecular weight excluding hydrogens is 314 g/mol. The number of halogens is 1. The van der Waals surface area contributed by atoms with Crippen LogP contribution in [0.5, 0.6) is 0 Å². The standard InChI is InChI=1S/C17H19N3O2.ClH/c1-10-6-13-12(9-21-14(13)7-11(10)2)8-15-19-16(20-22-15)17(18)4-3-5-17;/h6-7,9H,3-5,8,18H2,1-2H3;1H. The van der Waals surface area contributed by atoms with Crippen molar-refractivity contribution in [3.8, 4) is 0 Å². The minimum absolute atomic E-state index is 0. The van der Waals surface area contributed by atoms with Crippen molar-refractivity contribution in [3.05, 3.63) is 46.8 Å². The fourth-order valence-corrected chi connectivity index (χ4v) is 2.95. The molecule has 4 rings (SSSR count). The summed E-state index contributed by atoms with van der Waals surface area (Å²) in [7, 11) is 0. The molecule has 2 heterocycles. The van der Waals surface area contributed by atoms with E-state index in [4.69, 9.17) is 14.7 Å². The smallest absolute Gasteiger partial charge is 0.231 e. The first-order chi connectivity index (χ1) is 10.5. The van der Waals surface area contributed by atoms with Crippen LogP contribution in [-0.2, 0) is 12.0 Å². The second-order valence-electron chi connectivity index (χ2n) is 6.39. The number of rotatable bonds is 3. The van der Waals surface area contributed by atoms with Gasteiger partial charge in [-0.2, -0.15) is 4.98 Å². The molecule has 1 aliphatic rings. The quantitative estimate of drug-likeness (QED) is 0.789. The van der Waals surface area contributed by atoms with Gasteiger partial charge in [-0.15, -0.1) is 12.4 Å². The Morgan fingerprint density at radius 1 is 1.22 bits per heavy atom. The number of hydrogen-bond donors (Lipinski definition) is 1. The first kappa shape index (κ1) is 16.0. The van der Waals surface area contributed by atoms with E-state index in [0.29, 0.717) is 18.1 Å². The summed E-state index contributed by atoms with van der Waals surface area (Å²) in [5.74, 6) is 1.22. The van der Waals surface area contributed by atoms with Crippen LogP contribution in [0.25, 0.3) is 11.0 Å². The second-order valence-corrected chi connectivity index (χ2v) is 6.39. The predicted molar refractivity (Wildman–Crippen MR) is 89.8 cm³/mol. The lowest BCUT2D eigenvalue weighted by Crippen LogP contribution is -2.44. The van der Waals surface area contributed by atoms with Crippen LogP contribution in [-0.4, -0.2) is 10.1 Å². The molecule has 0 aliphatic heterocycles. The predicted octanol–water partition coefficient (Wildman–Crippen LogP) is 3.78. The Labute approximate surface area is 140 Å². The summed E-state index contributed by atoms with van der Waals surface area (Å²) in [5, 5.41) is 5.17. The molecule has 23 heavy (non-hydrogen) atoms. The average molecular weight is 334 g/mol. The van der Waals surface area contributed by atoms with Gasteiger partial charge in [-0.3, -0.25) is 0 Å². The summed E-state index contributed by atoms with van der Waals surface area (Å²) in [4.78, 5) is 4.48. The van der Waals surface area contributed by atoms with E-state index >= 15 is 0 Å². The van der Waals surface area contributed by atoms with Crippen molar-refractivity contribution in [2.75, 3.05) is 0 Å². The number of aryl methyl sites for hydroxylation is 2. The van der Waals surface area contributed by atoms with E-state index in [1.54, 1.807) is 6.26 Å². The van der Waals surface area contributed by atoms with Gasteiger partial charge >= 0.3 is 0 Å². The molecule has 1 saturated carbocycles. The van der Waals surface area contributed by atoms with Crippen molar-refractivity contribution in [1.29, 1.82) is 0 Å². The molecule has 2 aromatic heterocycles. The highest BCUT2D eigenvalue weighted by Gasteiger charge is 2.38. The zero-order valence-electron chi connectivity index (χ0n) is 13.3. The van der Waals surface area contributed by atoms with E-state index in [-0.39, 0.29) is 17.9 Å². The first-order valence-corrected chi connectivity index (χ1v) is 7.64. The van der Waals surface area contributed by atoms with Gasteiger partial charge in [0.05, 0.1) is 18.2 Å². The van der Waals surface area contributed by atoms with Gasteiger partial charge < -0.3 is 14.7 Å². The van der Waals surface area contributed by atoms with Crippen molar-refractivity contribution < 1.29 is 8.94 Å². The molecule has 0 bridgehead atoms. The maximum atomic E-state index is 6.23. The third-order valence-corrected chi connectivity index (χ3v) is 4.77. The van der Waals surface area contributed by atoms with Crippen LogP contribution in [0.15, 0.2) is 27.3 Å². The maximum Gasteiger partial charge on any atom is 0.231 e. The van der Waals surface area contributed by atoms with Crippen molar-refractivity contribution in [3.63, 3.8) is 0 Å². The molecule has 6 heteroatoms. The lowest BCUT2D eigenvalue weighted by atomic mass is 9.77. The van der Waals surface area contributed by atoms with Crippen LogP contribution in [0.3, 0.4) is 0 Å². The number of nitrogens with zero attached hydrogens (tertiary/aromatic N) is 2. The van der Waals surface area contributed by atoms with Crippen LogP contribution in [0.1, 0.15) is 47.7 Å². The number of benzene rings is 1. The number of hydrogen-bond acceptors (Lipinski definition) is 5. The van der Waals surface area contributed by atoms with Crippen LogP contribution < -0.4 is 5.73 Å². The molecule has 1 aromatic carbocycles. The van der Waals surface area contributed by atoms with Gasteiger partial charge in [0.2, 0.25) is 5.89 Å². The molecule has 0 unspecified atom stereocenters. The fourth-order valence-electron chi connectivity index (χ4n) is 2.95. The Bertz CT molecular complexity index is 849. The first-order valence-electron chi connectivity index (χ1n) is 7.64. The highest BCUT2D eigenvalue weighted by atomic mass is 35.5. The van der Waals surface area contributed by atoms with Gasteiger partial charge in [0, 0.05) is 10.9 Å². The Balaban J connectivity index is 0.00000156. The SMILES string of the molecule is Cc1cc2occ(Cc3nc(C4(N)CCC4)no3)c2cc1C.Cl. The molecule has 2 N–H and O–H groups in total. The topological polar surface area (TPSA) is 78.1 Å². The lowest BCUT2D eigenvalue weighted by Gasteiger charge is -2.34. The molecule has 3 aromatic rings. The Morgan fingerprint density at radius 2 is 1.96 bits per heavy atom. The summed E-state index contributed by atoms with van der Waals surface area (Å²) >= 11 is 0. The van der Waals surface area contributed by atoms with E-state index in [9.17, 15) is 0 Å². The zero-order chi connectivity index (χ0) is 15.3. The highest BCUT2D eigenvalue weighted by molar-refractivity contribution is 5.85. The van der Waals surface area contributed by atoms with E-state index in [2.05, 4.69) is 36.1 Å². The molecule has 0 amide bonds. The number of nitrogens with two attached hydrogens (primary N) is 1. The normalized spacial score (nSPS) is 16.1. The van der Waals surface area contributed by atoms with Crippen molar-refractivity contribution in [1.82, 2.24) is 10.1 Å². The summed E-state index contributed by atoms with van der Waals surface area (Å²) in [5.41, 5.74) is 10.3. The average Bonchev–Trinajstić information content (AvgIpc) is 3.06. The van der Waals surface area contributed by atoms with Crippen LogP contribution >= 0.6 is 12.4 Å². The largest absolute Gasteiger partial charge is 0.464 e. The van der Waals surface area contributed by atoms with Gasteiger partial charge in [-0.25, -0.2) is 0 Å². The van der Waals surface area contributed by atoms with Crippen molar-refractivity contribution >= 4 is 23.4 Å². The maximum absolute atomic E-state index is 6.23. The number of aromatic nitrogens is 2. The summed E-state index contributed by atoms with van der Waals surface area (Å²) in [6, 6.07) is 4.22. The molecule has 122 valence electrons. The minimum atomic E-state index is -0.381. The molecule has 1 aliphatic carbocycles. The third kappa shape index (κ3) is 2.64. The Hall–Kier alpha value is -1.85.